The molecule has 21 heavy (non-hydrogen) atoms. The maximum atomic E-state index is 4.87. The highest BCUT2D eigenvalue weighted by atomic mass is 15.3. The van der Waals surface area contributed by atoms with Crippen molar-refractivity contribution in [2.45, 2.75) is 45.6 Å². The number of hydrogen-bond acceptors (Lipinski definition) is 5. The van der Waals surface area contributed by atoms with Gasteiger partial charge in [0.2, 0.25) is 0 Å². The lowest BCUT2D eigenvalue weighted by Crippen LogP contribution is -2.38. The van der Waals surface area contributed by atoms with Gasteiger partial charge < -0.3 is 15.1 Å². The molecule has 1 aromatic rings. The minimum absolute atomic E-state index is 0.563. The van der Waals surface area contributed by atoms with Crippen LogP contribution in [0, 0.1) is 6.92 Å². The Labute approximate surface area is 128 Å². The smallest absolute Gasteiger partial charge is 0.137 e. The van der Waals surface area contributed by atoms with Gasteiger partial charge >= 0.3 is 0 Å². The second-order valence-corrected chi connectivity index (χ2v) is 6.19. The number of likely N-dealkylation sites (N-methyl/N-ethyl adjacent to an activating group) is 1. The minimum atomic E-state index is 0.563. The fourth-order valence-corrected chi connectivity index (χ4v) is 3.13. The molecule has 0 amide bonds. The SMILES string of the molecule is CCCc1nc(NC)c(C)c(N2CCCC2CN(C)C)n1. The van der Waals surface area contributed by atoms with Crippen LogP contribution in [0.1, 0.15) is 37.6 Å². The Kier molecular flexibility index (Phi) is 5.39. The predicted molar refractivity (Wildman–Crippen MR) is 89.2 cm³/mol. The normalized spacial score (nSPS) is 18.6. The van der Waals surface area contributed by atoms with Crippen LogP contribution in [0.3, 0.4) is 0 Å². The summed E-state index contributed by atoms with van der Waals surface area (Å²) in [6, 6.07) is 0.563. The van der Waals surface area contributed by atoms with Crippen molar-refractivity contribution in [3.63, 3.8) is 0 Å². The van der Waals surface area contributed by atoms with E-state index in [9.17, 15) is 0 Å². The van der Waals surface area contributed by atoms with Crippen LogP contribution in [0.5, 0.6) is 0 Å². The van der Waals surface area contributed by atoms with Crippen molar-refractivity contribution in [2.75, 3.05) is 44.4 Å². The van der Waals surface area contributed by atoms with Gasteiger partial charge in [0.15, 0.2) is 0 Å². The first-order valence-corrected chi connectivity index (χ1v) is 8.03. The third-order valence-electron chi connectivity index (χ3n) is 4.10. The number of nitrogens with zero attached hydrogens (tertiary/aromatic N) is 4. The van der Waals surface area contributed by atoms with Crippen LogP contribution in [-0.2, 0) is 6.42 Å². The predicted octanol–water partition coefficient (Wildman–Crippen LogP) is 2.31. The van der Waals surface area contributed by atoms with Gasteiger partial charge in [-0.25, -0.2) is 9.97 Å². The molecule has 0 spiro atoms. The van der Waals surface area contributed by atoms with Gasteiger partial charge in [0.1, 0.15) is 17.5 Å². The molecule has 1 atom stereocenters. The average Bonchev–Trinajstić information content (AvgIpc) is 2.88. The first kappa shape index (κ1) is 16.0. The van der Waals surface area contributed by atoms with Crippen molar-refractivity contribution in [1.29, 1.82) is 0 Å². The summed E-state index contributed by atoms with van der Waals surface area (Å²) in [4.78, 5) is 14.3. The summed E-state index contributed by atoms with van der Waals surface area (Å²) >= 11 is 0. The average molecular weight is 291 g/mol. The molecular weight excluding hydrogens is 262 g/mol. The first-order valence-electron chi connectivity index (χ1n) is 8.03. The van der Waals surface area contributed by atoms with E-state index in [4.69, 9.17) is 4.98 Å². The molecule has 1 saturated heterocycles. The fourth-order valence-electron chi connectivity index (χ4n) is 3.13. The monoisotopic (exact) mass is 291 g/mol. The quantitative estimate of drug-likeness (QED) is 0.871. The van der Waals surface area contributed by atoms with Crippen LogP contribution in [0.25, 0.3) is 0 Å². The molecule has 0 bridgehead atoms. The molecule has 1 N–H and O–H groups in total. The Balaban J connectivity index is 2.34. The van der Waals surface area contributed by atoms with E-state index in [1.165, 1.54) is 18.4 Å². The van der Waals surface area contributed by atoms with Crippen molar-refractivity contribution in [3.8, 4) is 0 Å². The van der Waals surface area contributed by atoms with E-state index in [1.54, 1.807) is 0 Å². The molecule has 118 valence electrons. The molecule has 5 nitrogen and oxygen atoms in total. The van der Waals surface area contributed by atoms with Crippen LogP contribution in [0.15, 0.2) is 0 Å². The van der Waals surface area contributed by atoms with Crippen molar-refractivity contribution in [1.82, 2.24) is 14.9 Å². The molecule has 2 heterocycles. The lowest BCUT2D eigenvalue weighted by atomic mass is 10.2. The summed E-state index contributed by atoms with van der Waals surface area (Å²) in [5, 5.41) is 3.23. The largest absolute Gasteiger partial charge is 0.373 e. The molecule has 1 aliphatic heterocycles. The molecule has 0 aliphatic carbocycles. The number of aromatic nitrogens is 2. The highest BCUT2D eigenvalue weighted by Crippen LogP contribution is 2.30. The first-order chi connectivity index (χ1) is 10.1. The molecular formula is C16H29N5. The second-order valence-electron chi connectivity index (χ2n) is 6.19. The van der Waals surface area contributed by atoms with Gasteiger partial charge in [-0.3, -0.25) is 0 Å². The lowest BCUT2D eigenvalue weighted by Gasteiger charge is -2.30. The maximum Gasteiger partial charge on any atom is 0.137 e. The zero-order chi connectivity index (χ0) is 15.4. The number of nitrogens with one attached hydrogen (secondary N) is 1. The van der Waals surface area contributed by atoms with Gasteiger partial charge in [-0.1, -0.05) is 6.92 Å². The summed E-state index contributed by atoms with van der Waals surface area (Å²) < 4.78 is 0. The van der Waals surface area contributed by atoms with Crippen LogP contribution in [0.4, 0.5) is 11.6 Å². The Morgan fingerprint density at radius 2 is 2.10 bits per heavy atom. The standard InChI is InChI=1S/C16H29N5/c1-6-8-14-18-15(17-3)12(2)16(19-14)21-10-7-9-13(21)11-20(4)5/h13H,6-11H2,1-5H3,(H,17,18,19). The van der Waals surface area contributed by atoms with Crippen LogP contribution >= 0.6 is 0 Å². The van der Waals surface area contributed by atoms with E-state index in [2.05, 4.69) is 48.0 Å². The molecule has 0 aromatic carbocycles. The van der Waals surface area contributed by atoms with Crippen molar-refractivity contribution < 1.29 is 0 Å². The Bertz CT molecular complexity index is 472. The summed E-state index contributed by atoms with van der Waals surface area (Å²) in [7, 11) is 6.23. The number of hydrogen-bond donors (Lipinski definition) is 1. The molecule has 1 aromatic heterocycles. The minimum Gasteiger partial charge on any atom is -0.373 e. The summed E-state index contributed by atoms with van der Waals surface area (Å²) in [6.07, 6.45) is 4.51. The highest BCUT2D eigenvalue weighted by Gasteiger charge is 2.28. The molecule has 0 saturated carbocycles. The second kappa shape index (κ2) is 7.07. The van der Waals surface area contributed by atoms with Crippen molar-refractivity contribution in [2.24, 2.45) is 0 Å². The molecule has 1 aliphatic rings. The third-order valence-corrected chi connectivity index (χ3v) is 4.10. The van der Waals surface area contributed by atoms with E-state index in [-0.39, 0.29) is 0 Å². The number of rotatable bonds is 6. The third kappa shape index (κ3) is 3.64. The van der Waals surface area contributed by atoms with Gasteiger partial charge in [-0.15, -0.1) is 0 Å². The molecule has 0 radical (unpaired) electrons. The number of anilines is 2. The van der Waals surface area contributed by atoms with Crippen LogP contribution in [0.2, 0.25) is 0 Å². The van der Waals surface area contributed by atoms with Gasteiger partial charge in [0, 0.05) is 38.2 Å². The molecule has 1 unspecified atom stereocenters. The Morgan fingerprint density at radius 3 is 2.71 bits per heavy atom. The van der Waals surface area contributed by atoms with Gasteiger partial charge in [-0.05, 0) is 40.3 Å². The van der Waals surface area contributed by atoms with Gasteiger partial charge in [-0.2, -0.15) is 0 Å². The molecule has 2 rings (SSSR count). The highest BCUT2D eigenvalue weighted by molar-refractivity contribution is 5.59. The number of aryl methyl sites for hydroxylation is 1. The lowest BCUT2D eigenvalue weighted by molar-refractivity contribution is 0.371. The van der Waals surface area contributed by atoms with Gasteiger partial charge in [0.05, 0.1) is 0 Å². The summed E-state index contributed by atoms with van der Waals surface area (Å²) in [6.45, 7) is 6.49. The maximum absolute atomic E-state index is 4.87. The van der Waals surface area contributed by atoms with Gasteiger partial charge in [0.25, 0.3) is 0 Å². The topological polar surface area (TPSA) is 44.3 Å². The van der Waals surface area contributed by atoms with E-state index in [1.807, 2.05) is 7.05 Å². The zero-order valence-electron chi connectivity index (χ0n) is 14.1. The van der Waals surface area contributed by atoms with E-state index in [0.717, 1.165) is 43.4 Å². The summed E-state index contributed by atoms with van der Waals surface area (Å²) in [5.41, 5.74) is 1.17. The molecule has 1 fully saturated rings. The van der Waals surface area contributed by atoms with E-state index < -0.39 is 0 Å². The summed E-state index contributed by atoms with van der Waals surface area (Å²) in [5.74, 6) is 3.05. The Hall–Kier alpha value is -1.36. The van der Waals surface area contributed by atoms with Crippen molar-refractivity contribution >= 4 is 11.6 Å². The zero-order valence-corrected chi connectivity index (χ0v) is 14.1. The molecule has 5 heteroatoms. The fraction of sp³-hybridized carbons (Fsp3) is 0.750. The Morgan fingerprint density at radius 1 is 1.33 bits per heavy atom. The van der Waals surface area contributed by atoms with Crippen molar-refractivity contribution in [3.05, 3.63) is 11.4 Å². The van der Waals surface area contributed by atoms with E-state index in [0.29, 0.717) is 6.04 Å². The van der Waals surface area contributed by atoms with Crippen LogP contribution in [-0.4, -0.2) is 55.1 Å². The van der Waals surface area contributed by atoms with Crippen LogP contribution < -0.4 is 10.2 Å². The van der Waals surface area contributed by atoms with E-state index >= 15 is 0 Å².